The number of hydrogen-bond acceptors (Lipinski definition) is 3. The first kappa shape index (κ1) is 14.9. The van der Waals surface area contributed by atoms with E-state index in [2.05, 4.69) is 51.3 Å². The van der Waals surface area contributed by atoms with Gasteiger partial charge >= 0.3 is 0 Å². The zero-order chi connectivity index (χ0) is 15.4. The van der Waals surface area contributed by atoms with Crippen molar-refractivity contribution in [3.63, 3.8) is 0 Å². The van der Waals surface area contributed by atoms with E-state index in [9.17, 15) is 0 Å². The topological polar surface area (TPSA) is 25.2 Å². The third-order valence-corrected chi connectivity index (χ3v) is 3.88. The molecular weight excluding hydrogens is 312 g/mol. The molecule has 3 rings (SSSR count). The molecule has 0 atom stereocenters. The fourth-order valence-electron chi connectivity index (χ4n) is 2.14. The lowest BCUT2D eigenvalue weighted by atomic mass is 10.1. The van der Waals surface area contributed by atoms with E-state index in [1.807, 2.05) is 12.1 Å². The van der Waals surface area contributed by atoms with Gasteiger partial charge in [0.15, 0.2) is 0 Å². The van der Waals surface area contributed by atoms with Gasteiger partial charge in [0.2, 0.25) is 0 Å². The quantitative estimate of drug-likeness (QED) is 0.459. The molecule has 0 saturated heterocycles. The van der Waals surface area contributed by atoms with Crippen LogP contribution in [0.5, 0.6) is 0 Å². The van der Waals surface area contributed by atoms with Crippen LogP contribution in [0.1, 0.15) is 29.7 Å². The number of hydrogen-bond donors (Lipinski definition) is 0. The van der Waals surface area contributed by atoms with E-state index in [4.69, 9.17) is 11.6 Å². The monoisotopic (exact) mass is 324 g/mol. The summed E-state index contributed by atoms with van der Waals surface area (Å²) < 4.78 is 0. The first-order valence-electron chi connectivity index (χ1n) is 7.09. The van der Waals surface area contributed by atoms with Crippen LogP contribution in [0.25, 0.3) is 0 Å². The van der Waals surface area contributed by atoms with Gasteiger partial charge in [-0.3, -0.25) is 0 Å². The Morgan fingerprint density at radius 3 is 2.64 bits per heavy atom. The highest BCUT2D eigenvalue weighted by Crippen LogP contribution is 2.32. The number of rotatable bonds is 3. The van der Waals surface area contributed by atoms with Gasteiger partial charge in [-0.05, 0) is 67.1 Å². The van der Waals surface area contributed by atoms with Crippen LogP contribution in [-0.4, -0.2) is 10.1 Å². The summed E-state index contributed by atoms with van der Waals surface area (Å²) >= 11 is 10.7. The molecule has 108 valence electrons. The van der Waals surface area contributed by atoms with Gasteiger partial charge in [-0.1, -0.05) is 29.7 Å². The van der Waals surface area contributed by atoms with E-state index in [0.29, 0.717) is 16.4 Å². The van der Waals surface area contributed by atoms with Crippen LogP contribution in [0.15, 0.2) is 41.5 Å². The molecule has 22 heavy (non-hydrogen) atoms. The molecule has 1 heterocycles. The summed E-state index contributed by atoms with van der Waals surface area (Å²) in [6.45, 7) is 0. The van der Waals surface area contributed by atoms with Crippen LogP contribution < -0.4 is 0 Å². The molecule has 0 aliphatic heterocycles. The highest BCUT2D eigenvalue weighted by atomic mass is 35.5. The number of nitrogens with zero attached hydrogens (tertiary/aromatic N) is 2. The summed E-state index contributed by atoms with van der Waals surface area (Å²) in [5, 5.41) is 2.75. The molecule has 1 saturated carbocycles. The highest BCUT2D eigenvalue weighted by Gasteiger charge is 2.21. The summed E-state index contributed by atoms with van der Waals surface area (Å²) in [6, 6.07) is 10.1. The van der Waals surface area contributed by atoms with E-state index < -0.39 is 0 Å². The van der Waals surface area contributed by atoms with Gasteiger partial charge in [0.05, 0.1) is 22.1 Å². The Bertz CT molecular complexity index is 792. The van der Waals surface area contributed by atoms with Gasteiger partial charge in [-0.2, -0.15) is 4.99 Å². The van der Waals surface area contributed by atoms with Crippen molar-refractivity contribution >= 4 is 34.7 Å². The van der Waals surface area contributed by atoms with Gasteiger partial charge in [-0.25, -0.2) is 4.98 Å². The summed E-state index contributed by atoms with van der Waals surface area (Å²) in [7, 11) is 0. The first-order chi connectivity index (χ1) is 10.7. The van der Waals surface area contributed by atoms with Crippen LogP contribution in [0, 0.1) is 17.8 Å². The molecule has 1 aromatic heterocycles. The summed E-state index contributed by atoms with van der Waals surface area (Å²) in [5.74, 6) is 6.97. The summed E-state index contributed by atoms with van der Waals surface area (Å²) in [4.78, 5) is 8.03. The number of isothiocyanates is 1. The number of pyridine rings is 1. The maximum atomic E-state index is 6.13. The Morgan fingerprint density at radius 2 is 2.00 bits per heavy atom. The molecule has 1 aliphatic rings. The Hall–Kier alpha value is -1.98. The average Bonchev–Trinajstić information content (AvgIpc) is 3.32. The van der Waals surface area contributed by atoms with Crippen molar-refractivity contribution in [1.82, 2.24) is 4.98 Å². The van der Waals surface area contributed by atoms with Crippen LogP contribution in [0.4, 0.5) is 5.69 Å². The second kappa shape index (κ2) is 6.85. The largest absolute Gasteiger partial charge is 0.244 e. The lowest BCUT2D eigenvalue weighted by Gasteiger charge is -1.99. The molecule has 0 bridgehead atoms. The van der Waals surface area contributed by atoms with Crippen molar-refractivity contribution < 1.29 is 0 Å². The fraction of sp³-hybridized carbons (Fsp3) is 0.222. The van der Waals surface area contributed by atoms with Crippen molar-refractivity contribution in [2.75, 3.05) is 0 Å². The van der Waals surface area contributed by atoms with Gasteiger partial charge in [0.25, 0.3) is 0 Å². The smallest absolute Gasteiger partial charge is 0.132 e. The normalized spacial score (nSPS) is 13.0. The van der Waals surface area contributed by atoms with Gasteiger partial charge < -0.3 is 0 Å². The molecule has 0 amide bonds. The van der Waals surface area contributed by atoms with Crippen molar-refractivity contribution in [3.8, 4) is 11.8 Å². The third kappa shape index (κ3) is 4.02. The molecular formula is C18H13ClN2S. The minimum Gasteiger partial charge on any atom is -0.244 e. The van der Waals surface area contributed by atoms with E-state index >= 15 is 0 Å². The number of halogens is 1. The predicted molar refractivity (Wildman–Crippen MR) is 92.8 cm³/mol. The lowest BCUT2D eigenvalue weighted by molar-refractivity contribution is 0.832. The molecule has 0 unspecified atom stereocenters. The van der Waals surface area contributed by atoms with E-state index in [-0.39, 0.29) is 0 Å². The van der Waals surface area contributed by atoms with Crippen LogP contribution in [0.2, 0.25) is 5.02 Å². The molecule has 1 fully saturated rings. The molecule has 1 aliphatic carbocycles. The summed E-state index contributed by atoms with van der Waals surface area (Å²) in [5.41, 5.74) is 3.45. The highest BCUT2D eigenvalue weighted by molar-refractivity contribution is 7.78. The third-order valence-electron chi connectivity index (χ3n) is 3.50. The Morgan fingerprint density at radius 1 is 1.23 bits per heavy atom. The standard InChI is InChI=1S/C18H13ClN2S/c19-17-10-16(21-12-22)11-20-18(17)8-7-13-1-3-14(4-2-13)9-15-5-6-15/h1-4,10-11,15H,5-6,9H2. The van der Waals surface area contributed by atoms with Crippen LogP contribution in [0.3, 0.4) is 0 Å². The Kier molecular flexibility index (Phi) is 4.65. The minimum atomic E-state index is 0.462. The van der Waals surface area contributed by atoms with Crippen molar-refractivity contribution in [1.29, 1.82) is 0 Å². The molecule has 1 aromatic carbocycles. The molecule has 2 aromatic rings. The van der Waals surface area contributed by atoms with Gasteiger partial charge in [0, 0.05) is 5.56 Å². The van der Waals surface area contributed by atoms with E-state index in [0.717, 1.165) is 11.5 Å². The molecule has 0 spiro atoms. The SMILES string of the molecule is S=C=Nc1cnc(C#Cc2ccc(CC3CC3)cc2)c(Cl)c1. The van der Waals surface area contributed by atoms with Crippen molar-refractivity contribution in [3.05, 3.63) is 58.4 Å². The zero-order valence-corrected chi connectivity index (χ0v) is 13.4. The lowest BCUT2D eigenvalue weighted by Crippen LogP contribution is -1.87. The van der Waals surface area contributed by atoms with Crippen LogP contribution >= 0.6 is 23.8 Å². The molecule has 2 nitrogen and oxygen atoms in total. The molecule has 0 N–H and O–H groups in total. The van der Waals surface area contributed by atoms with Gasteiger partial charge in [-0.15, -0.1) is 0 Å². The van der Waals surface area contributed by atoms with Crippen LogP contribution in [-0.2, 0) is 6.42 Å². The number of thiocarbonyl (C=S) groups is 1. The molecule has 0 radical (unpaired) electrons. The van der Waals surface area contributed by atoms with E-state index in [1.165, 1.54) is 24.8 Å². The predicted octanol–water partition coefficient (Wildman–Crippen LogP) is 4.82. The molecule has 4 heteroatoms. The second-order valence-electron chi connectivity index (χ2n) is 5.32. The number of aliphatic imine (C=N–C) groups is 1. The van der Waals surface area contributed by atoms with Crippen molar-refractivity contribution in [2.45, 2.75) is 19.3 Å². The van der Waals surface area contributed by atoms with E-state index in [1.54, 1.807) is 12.3 Å². The zero-order valence-electron chi connectivity index (χ0n) is 11.8. The number of benzene rings is 1. The Labute approximate surface area is 140 Å². The fourth-order valence-corrected chi connectivity index (χ4v) is 2.46. The second-order valence-corrected chi connectivity index (χ2v) is 5.91. The summed E-state index contributed by atoms with van der Waals surface area (Å²) in [6.07, 6.45) is 5.50. The van der Waals surface area contributed by atoms with Crippen molar-refractivity contribution in [2.24, 2.45) is 10.9 Å². The minimum absolute atomic E-state index is 0.462. The Balaban J connectivity index is 1.75. The number of aromatic nitrogens is 1. The van der Waals surface area contributed by atoms with Gasteiger partial charge in [0.1, 0.15) is 5.69 Å². The first-order valence-corrected chi connectivity index (χ1v) is 7.87. The average molecular weight is 325 g/mol. The maximum absolute atomic E-state index is 6.13. The maximum Gasteiger partial charge on any atom is 0.132 e.